The maximum Gasteiger partial charge on any atom is 0.0775 e. The first-order chi connectivity index (χ1) is 24.0. The molecule has 4 heteroatoms. The van der Waals surface area contributed by atoms with Gasteiger partial charge in [-0.15, -0.1) is 0 Å². The summed E-state index contributed by atoms with van der Waals surface area (Å²) in [5, 5.41) is 2.97. The molecule has 2 aliphatic carbocycles. The Balaban J connectivity index is 1.11. The van der Waals surface area contributed by atoms with Crippen molar-refractivity contribution in [1.29, 1.82) is 0 Å². The van der Waals surface area contributed by atoms with Crippen LogP contribution in [-0.4, -0.2) is 16.1 Å². The van der Waals surface area contributed by atoms with Gasteiger partial charge in [0.25, 0.3) is 0 Å². The van der Waals surface area contributed by atoms with Crippen molar-refractivity contribution in [3.8, 4) is 0 Å². The summed E-state index contributed by atoms with van der Waals surface area (Å²) in [5.74, 6) is 0. The van der Waals surface area contributed by atoms with Crippen LogP contribution in [0.25, 0.3) is 11.1 Å². The van der Waals surface area contributed by atoms with E-state index in [1.807, 2.05) is 0 Å². The Hall–Kier alpha value is -4.91. The largest absolute Gasteiger partial charge is 0.310 e. The first kappa shape index (κ1) is 32.3. The minimum absolute atomic E-state index is 0.975. The van der Waals surface area contributed by atoms with E-state index in [2.05, 4.69) is 195 Å². The van der Waals surface area contributed by atoms with Crippen molar-refractivity contribution >= 4 is 71.8 Å². The van der Waals surface area contributed by atoms with Crippen molar-refractivity contribution in [3.05, 3.63) is 168 Å². The van der Waals surface area contributed by atoms with E-state index in [1.54, 1.807) is 0 Å². The van der Waals surface area contributed by atoms with Crippen LogP contribution in [0.15, 0.2) is 146 Å². The zero-order valence-electron chi connectivity index (χ0n) is 30.2. The number of hydrogen-bond donors (Lipinski definition) is 0. The van der Waals surface area contributed by atoms with Crippen LogP contribution >= 0.6 is 0 Å². The zero-order valence-corrected chi connectivity index (χ0v) is 32.2. The molecule has 8 rings (SSSR count). The third-order valence-corrected chi connectivity index (χ3v) is 14.6. The van der Waals surface area contributed by atoms with Crippen LogP contribution < -0.4 is 20.2 Å². The van der Waals surface area contributed by atoms with Crippen LogP contribution in [-0.2, 0) is 12.8 Å². The maximum absolute atomic E-state index is 2.43. The first-order valence-corrected chi connectivity index (χ1v) is 24.9. The lowest BCUT2D eigenvalue weighted by atomic mass is 9.97. The molecule has 0 fully saturated rings. The summed E-state index contributed by atoms with van der Waals surface area (Å²) < 4.78 is 0. The quantitative estimate of drug-likeness (QED) is 0.147. The lowest BCUT2D eigenvalue weighted by Gasteiger charge is -2.27. The topological polar surface area (TPSA) is 6.48 Å². The Bertz CT molecular complexity index is 2050. The summed E-state index contributed by atoms with van der Waals surface area (Å²) in [6, 6.07) is 54.4. The number of hydrogen-bond acceptors (Lipinski definition) is 2. The Morgan fingerprint density at radius 3 is 1.02 bits per heavy atom. The van der Waals surface area contributed by atoms with E-state index in [0.29, 0.717) is 0 Å². The molecule has 0 heterocycles. The predicted octanol–water partition coefficient (Wildman–Crippen LogP) is 11.7. The molecule has 2 aliphatic rings. The molecule has 0 amide bonds. The lowest BCUT2D eigenvalue weighted by Crippen LogP contribution is -2.37. The Kier molecular flexibility index (Phi) is 8.05. The van der Waals surface area contributed by atoms with E-state index in [0.717, 1.165) is 12.8 Å². The number of benzene rings is 6. The van der Waals surface area contributed by atoms with Gasteiger partial charge < -0.3 is 9.80 Å². The molecule has 0 radical (unpaired) electrons. The fraction of sp³-hybridized carbons (Fsp3) is 0.174. The highest BCUT2D eigenvalue weighted by Crippen LogP contribution is 2.49. The van der Waals surface area contributed by atoms with Crippen LogP contribution in [0.3, 0.4) is 0 Å². The van der Waals surface area contributed by atoms with Crippen molar-refractivity contribution in [3.63, 3.8) is 0 Å². The fourth-order valence-corrected chi connectivity index (χ4v) is 10.0. The standard InChI is InChI=1S/C46H46N2Si2/c1-49(2,3)41-23-17-37(18-24-41)47(35-13-9-7-10-14-35)39-21-27-43-33(29-39)31-45-44-28-22-40(30-34(44)32-46(43)45)48(36-15-11-8-12-16-36)38-19-25-42(26-20-38)50(4,5)6/h7-30H,31-32H2,1-6H3. The number of para-hydroxylation sites is 2. The van der Waals surface area contributed by atoms with Crippen LogP contribution in [0.1, 0.15) is 22.3 Å². The number of anilines is 6. The average molecular weight is 683 g/mol. The van der Waals surface area contributed by atoms with Gasteiger partial charge in [-0.1, -0.05) is 122 Å². The van der Waals surface area contributed by atoms with Gasteiger partial charge in [0.1, 0.15) is 0 Å². The molecule has 6 aromatic carbocycles. The van der Waals surface area contributed by atoms with E-state index in [1.165, 1.54) is 77.9 Å². The maximum atomic E-state index is 2.43. The monoisotopic (exact) mass is 682 g/mol. The normalized spacial score (nSPS) is 13.6. The zero-order chi connectivity index (χ0) is 34.6. The van der Waals surface area contributed by atoms with E-state index in [-0.39, 0.29) is 0 Å². The summed E-state index contributed by atoms with van der Waals surface area (Å²) in [5.41, 5.74) is 15.9. The van der Waals surface area contributed by atoms with Crippen LogP contribution in [0.2, 0.25) is 39.3 Å². The van der Waals surface area contributed by atoms with Crippen LogP contribution in [0, 0.1) is 0 Å². The fourth-order valence-electron chi connectivity index (χ4n) is 7.70. The van der Waals surface area contributed by atoms with E-state index in [9.17, 15) is 0 Å². The summed E-state index contributed by atoms with van der Waals surface area (Å²) in [4.78, 5) is 4.82. The minimum atomic E-state index is -1.38. The molecule has 0 N–H and O–H groups in total. The van der Waals surface area contributed by atoms with Crippen LogP contribution in [0.4, 0.5) is 34.1 Å². The van der Waals surface area contributed by atoms with Gasteiger partial charge in [-0.05, 0) is 119 Å². The molecule has 0 spiro atoms. The molecule has 0 saturated carbocycles. The van der Waals surface area contributed by atoms with E-state index >= 15 is 0 Å². The molecular formula is C46H46N2Si2. The molecule has 0 atom stereocenters. The SMILES string of the molecule is C[Si](C)(C)c1ccc(N(c2ccccc2)c2ccc3c(c2)CC2=C3Cc3cc(N(c4ccccc4)c4ccc([Si](C)(C)C)cc4)ccc32)cc1. The second-order valence-corrected chi connectivity index (χ2v) is 26.1. The number of allylic oxidation sites excluding steroid dienone is 2. The van der Waals surface area contributed by atoms with E-state index in [4.69, 9.17) is 0 Å². The molecular weight excluding hydrogens is 637 g/mol. The average Bonchev–Trinajstić information content (AvgIpc) is 3.64. The molecule has 50 heavy (non-hydrogen) atoms. The first-order valence-electron chi connectivity index (χ1n) is 17.9. The summed E-state index contributed by atoms with van der Waals surface area (Å²) in [6.45, 7) is 14.5. The van der Waals surface area contributed by atoms with Crippen molar-refractivity contribution in [1.82, 2.24) is 0 Å². The summed E-state index contributed by atoms with van der Waals surface area (Å²) in [7, 11) is -2.77. The van der Waals surface area contributed by atoms with Gasteiger partial charge in [-0.25, -0.2) is 0 Å². The third kappa shape index (κ3) is 5.97. The number of nitrogens with zero attached hydrogens (tertiary/aromatic N) is 2. The summed E-state index contributed by atoms with van der Waals surface area (Å²) in [6.07, 6.45) is 1.95. The van der Waals surface area contributed by atoms with Crippen molar-refractivity contribution < 1.29 is 0 Å². The van der Waals surface area contributed by atoms with Gasteiger partial charge in [-0.2, -0.15) is 0 Å². The van der Waals surface area contributed by atoms with Crippen molar-refractivity contribution in [2.45, 2.75) is 52.1 Å². The van der Waals surface area contributed by atoms with Gasteiger partial charge in [0.2, 0.25) is 0 Å². The smallest absolute Gasteiger partial charge is 0.0775 e. The molecule has 2 nitrogen and oxygen atoms in total. The number of fused-ring (bicyclic) bond motifs is 4. The molecule has 0 saturated heterocycles. The molecule has 0 aliphatic heterocycles. The van der Waals surface area contributed by atoms with Crippen molar-refractivity contribution in [2.75, 3.05) is 9.80 Å². The molecule has 248 valence electrons. The second kappa shape index (κ2) is 12.5. The second-order valence-electron chi connectivity index (χ2n) is 15.9. The van der Waals surface area contributed by atoms with Crippen LogP contribution in [0.5, 0.6) is 0 Å². The minimum Gasteiger partial charge on any atom is -0.310 e. The Morgan fingerprint density at radius 2 is 0.680 bits per heavy atom. The molecule has 0 unspecified atom stereocenters. The lowest BCUT2D eigenvalue weighted by molar-refractivity contribution is 1.21. The van der Waals surface area contributed by atoms with E-state index < -0.39 is 16.1 Å². The molecule has 6 aromatic rings. The Labute approximate surface area is 300 Å². The highest BCUT2D eigenvalue weighted by atomic mass is 28.3. The number of rotatable bonds is 8. The highest BCUT2D eigenvalue weighted by molar-refractivity contribution is 6.89. The predicted molar refractivity (Wildman–Crippen MR) is 222 cm³/mol. The highest BCUT2D eigenvalue weighted by Gasteiger charge is 2.31. The van der Waals surface area contributed by atoms with Gasteiger partial charge in [0, 0.05) is 34.1 Å². The van der Waals surface area contributed by atoms with Gasteiger partial charge in [0.15, 0.2) is 0 Å². The summed E-state index contributed by atoms with van der Waals surface area (Å²) >= 11 is 0. The van der Waals surface area contributed by atoms with Crippen molar-refractivity contribution in [2.24, 2.45) is 0 Å². The third-order valence-electron chi connectivity index (χ3n) is 10.5. The van der Waals surface area contributed by atoms with Gasteiger partial charge >= 0.3 is 0 Å². The molecule has 0 bridgehead atoms. The molecule has 0 aromatic heterocycles. The van der Waals surface area contributed by atoms with Gasteiger partial charge in [0.05, 0.1) is 16.1 Å². The van der Waals surface area contributed by atoms with Gasteiger partial charge in [-0.3, -0.25) is 0 Å². The Morgan fingerprint density at radius 1 is 0.360 bits per heavy atom.